The molecular formula is C20H21N5O4. The normalized spacial score (nSPS) is 11.2. The third-order valence-corrected chi connectivity index (χ3v) is 4.39. The van der Waals surface area contributed by atoms with Gasteiger partial charge in [0.15, 0.2) is 0 Å². The maximum absolute atomic E-state index is 12.4. The maximum Gasteiger partial charge on any atom is 0.318 e. The lowest BCUT2D eigenvalue weighted by molar-refractivity contribution is -0.385. The summed E-state index contributed by atoms with van der Waals surface area (Å²) in [6.07, 6.45) is 4.09. The fraction of sp³-hybridized carbons (Fsp3) is 0.250. The number of nitrogens with zero attached hydrogens (tertiary/aromatic N) is 5. The number of rotatable bonds is 7. The number of ketones is 1. The molecule has 0 atom stereocenters. The van der Waals surface area contributed by atoms with E-state index in [1.807, 2.05) is 36.7 Å². The molecule has 0 spiro atoms. The summed E-state index contributed by atoms with van der Waals surface area (Å²) in [5.74, 6) is 0.176. The molecule has 9 nitrogen and oxygen atoms in total. The molecular weight excluding hydrogens is 374 g/mol. The zero-order chi connectivity index (χ0) is 21.1. The number of carbonyl (C=O) groups is 1. The van der Waals surface area contributed by atoms with Gasteiger partial charge in [0, 0.05) is 18.3 Å². The monoisotopic (exact) mass is 395 g/mol. The fourth-order valence-corrected chi connectivity index (χ4v) is 3.06. The van der Waals surface area contributed by atoms with Crippen molar-refractivity contribution in [3.63, 3.8) is 0 Å². The SMILES string of the molecule is COc1ccc(/C=C/C(=O)c2nn(C)cc2[N+](=O)[O-])cc1Cn1nc(C)cc1C. The lowest BCUT2D eigenvalue weighted by Crippen LogP contribution is -2.06. The lowest BCUT2D eigenvalue weighted by atomic mass is 10.1. The van der Waals surface area contributed by atoms with Crippen LogP contribution >= 0.6 is 0 Å². The molecule has 0 unspecified atom stereocenters. The summed E-state index contributed by atoms with van der Waals surface area (Å²) in [4.78, 5) is 22.9. The summed E-state index contributed by atoms with van der Waals surface area (Å²) in [5, 5.41) is 19.5. The number of carbonyl (C=O) groups excluding carboxylic acids is 1. The van der Waals surface area contributed by atoms with E-state index < -0.39 is 10.7 Å². The number of hydrogen-bond donors (Lipinski definition) is 0. The number of aryl methyl sites for hydroxylation is 3. The average molecular weight is 395 g/mol. The van der Waals surface area contributed by atoms with E-state index in [9.17, 15) is 14.9 Å². The molecule has 150 valence electrons. The molecule has 0 aliphatic carbocycles. The highest BCUT2D eigenvalue weighted by molar-refractivity contribution is 6.07. The van der Waals surface area contributed by atoms with Crippen molar-refractivity contribution in [2.24, 2.45) is 7.05 Å². The minimum absolute atomic E-state index is 0.190. The Kier molecular flexibility index (Phi) is 5.58. The Hall–Kier alpha value is -3.75. The van der Waals surface area contributed by atoms with E-state index in [-0.39, 0.29) is 11.4 Å². The van der Waals surface area contributed by atoms with Gasteiger partial charge in [-0.3, -0.25) is 24.3 Å². The summed E-state index contributed by atoms with van der Waals surface area (Å²) in [5.41, 5.74) is 3.11. The van der Waals surface area contributed by atoms with Gasteiger partial charge < -0.3 is 4.74 Å². The number of ether oxygens (including phenoxy) is 1. The molecule has 0 aliphatic rings. The van der Waals surface area contributed by atoms with Gasteiger partial charge in [0.05, 0.1) is 24.3 Å². The minimum Gasteiger partial charge on any atom is -0.496 e. The molecule has 0 amide bonds. The second-order valence-corrected chi connectivity index (χ2v) is 6.65. The van der Waals surface area contributed by atoms with Crippen LogP contribution in [0.2, 0.25) is 0 Å². The van der Waals surface area contributed by atoms with Crippen molar-refractivity contribution < 1.29 is 14.5 Å². The van der Waals surface area contributed by atoms with Gasteiger partial charge >= 0.3 is 5.69 Å². The van der Waals surface area contributed by atoms with Crippen LogP contribution in [-0.4, -0.2) is 37.4 Å². The van der Waals surface area contributed by atoms with Crippen LogP contribution < -0.4 is 4.74 Å². The third-order valence-electron chi connectivity index (χ3n) is 4.39. The van der Waals surface area contributed by atoms with E-state index in [4.69, 9.17) is 4.74 Å². The summed E-state index contributed by atoms with van der Waals surface area (Å²) in [6.45, 7) is 4.43. The largest absolute Gasteiger partial charge is 0.496 e. The van der Waals surface area contributed by atoms with Gasteiger partial charge in [0.2, 0.25) is 11.5 Å². The van der Waals surface area contributed by atoms with Gasteiger partial charge in [0.25, 0.3) is 0 Å². The lowest BCUT2D eigenvalue weighted by Gasteiger charge is -2.11. The predicted octanol–water partition coefficient (Wildman–Crippen LogP) is 3.09. The number of allylic oxidation sites excluding steroid dienone is 1. The minimum atomic E-state index is -0.617. The molecule has 0 saturated carbocycles. The molecule has 9 heteroatoms. The second-order valence-electron chi connectivity index (χ2n) is 6.65. The van der Waals surface area contributed by atoms with E-state index in [1.54, 1.807) is 19.3 Å². The first kappa shape index (κ1) is 20.0. The molecule has 3 aromatic rings. The Bertz CT molecular complexity index is 1110. The molecule has 29 heavy (non-hydrogen) atoms. The summed E-state index contributed by atoms with van der Waals surface area (Å²) >= 11 is 0. The maximum atomic E-state index is 12.4. The predicted molar refractivity (Wildman–Crippen MR) is 107 cm³/mol. The van der Waals surface area contributed by atoms with E-state index >= 15 is 0 Å². The zero-order valence-electron chi connectivity index (χ0n) is 16.6. The molecule has 0 bridgehead atoms. The Labute approximate surface area is 167 Å². The van der Waals surface area contributed by atoms with Gasteiger partial charge in [-0.25, -0.2) is 0 Å². The van der Waals surface area contributed by atoms with Crippen molar-refractivity contribution in [2.75, 3.05) is 7.11 Å². The van der Waals surface area contributed by atoms with E-state index in [1.165, 1.54) is 24.0 Å². The zero-order valence-corrected chi connectivity index (χ0v) is 16.6. The number of methoxy groups -OCH3 is 1. The van der Waals surface area contributed by atoms with Crippen LogP contribution in [0.25, 0.3) is 6.08 Å². The van der Waals surface area contributed by atoms with Crippen LogP contribution in [0.4, 0.5) is 5.69 Å². The average Bonchev–Trinajstić information content (AvgIpc) is 3.21. The van der Waals surface area contributed by atoms with E-state index in [2.05, 4.69) is 10.2 Å². The highest BCUT2D eigenvalue weighted by atomic mass is 16.6. The number of aromatic nitrogens is 4. The molecule has 3 rings (SSSR count). The van der Waals surface area contributed by atoms with Crippen molar-refractivity contribution in [3.8, 4) is 5.75 Å². The van der Waals surface area contributed by atoms with Crippen LogP contribution in [0.1, 0.15) is 33.0 Å². The van der Waals surface area contributed by atoms with Gasteiger partial charge in [-0.15, -0.1) is 0 Å². The van der Waals surface area contributed by atoms with Crippen LogP contribution in [0.15, 0.2) is 36.5 Å². The van der Waals surface area contributed by atoms with Crippen molar-refractivity contribution in [2.45, 2.75) is 20.4 Å². The number of hydrogen-bond acceptors (Lipinski definition) is 6. The standard InChI is InChI=1S/C20H21N5O4/c1-13-9-14(2)24(21-13)11-16-10-15(6-8-19(16)29-4)5-7-18(26)20-17(25(27)28)12-23(3)22-20/h5-10,12H,11H2,1-4H3/b7-5+. The Morgan fingerprint density at radius 1 is 1.28 bits per heavy atom. The second kappa shape index (κ2) is 8.09. The first-order valence-corrected chi connectivity index (χ1v) is 8.87. The van der Waals surface area contributed by atoms with Gasteiger partial charge in [-0.05, 0) is 43.7 Å². The molecule has 0 fully saturated rings. The molecule has 1 aromatic carbocycles. The van der Waals surface area contributed by atoms with Gasteiger partial charge in [-0.2, -0.15) is 10.2 Å². The van der Waals surface area contributed by atoms with Crippen LogP contribution in [0, 0.1) is 24.0 Å². The smallest absolute Gasteiger partial charge is 0.318 e. The van der Waals surface area contributed by atoms with Crippen molar-refractivity contribution in [1.29, 1.82) is 0 Å². The van der Waals surface area contributed by atoms with Crippen molar-refractivity contribution in [3.05, 3.63) is 74.9 Å². The Morgan fingerprint density at radius 3 is 2.66 bits per heavy atom. The van der Waals surface area contributed by atoms with Crippen LogP contribution in [-0.2, 0) is 13.6 Å². The Balaban J connectivity index is 1.87. The summed E-state index contributed by atoms with van der Waals surface area (Å²) in [7, 11) is 3.13. The quantitative estimate of drug-likeness (QED) is 0.263. The van der Waals surface area contributed by atoms with Gasteiger partial charge in [0.1, 0.15) is 11.9 Å². The number of benzene rings is 1. The van der Waals surface area contributed by atoms with Crippen molar-refractivity contribution in [1.82, 2.24) is 19.6 Å². The number of nitro groups is 1. The topological polar surface area (TPSA) is 105 Å². The first-order valence-electron chi connectivity index (χ1n) is 8.87. The van der Waals surface area contributed by atoms with Gasteiger partial charge in [-0.1, -0.05) is 12.1 Å². The molecule has 2 aromatic heterocycles. The molecule has 0 saturated heterocycles. The van der Waals surface area contributed by atoms with E-state index in [0.717, 1.165) is 22.5 Å². The molecule has 0 N–H and O–H groups in total. The summed E-state index contributed by atoms with van der Waals surface area (Å²) < 4.78 is 8.57. The molecule has 0 radical (unpaired) electrons. The highest BCUT2D eigenvalue weighted by Crippen LogP contribution is 2.23. The first-order chi connectivity index (χ1) is 13.8. The van der Waals surface area contributed by atoms with E-state index in [0.29, 0.717) is 12.3 Å². The fourth-order valence-electron chi connectivity index (χ4n) is 3.06. The molecule has 2 heterocycles. The molecule has 0 aliphatic heterocycles. The third kappa shape index (κ3) is 4.40. The Morgan fingerprint density at radius 2 is 2.03 bits per heavy atom. The van der Waals surface area contributed by atoms with Crippen molar-refractivity contribution >= 4 is 17.5 Å². The van der Waals surface area contributed by atoms with Crippen LogP contribution in [0.3, 0.4) is 0 Å². The highest BCUT2D eigenvalue weighted by Gasteiger charge is 2.23. The summed E-state index contributed by atoms with van der Waals surface area (Å²) in [6, 6.07) is 7.51. The van der Waals surface area contributed by atoms with Crippen LogP contribution in [0.5, 0.6) is 5.75 Å².